The molecule has 2 aliphatic rings. The molecule has 8 nitrogen and oxygen atoms in total. The Morgan fingerprint density at radius 2 is 1.92 bits per heavy atom. The number of ether oxygens (including phenoxy) is 1. The molecule has 8 heteroatoms. The maximum absolute atomic E-state index is 13.5. The third kappa shape index (κ3) is 4.48. The van der Waals surface area contributed by atoms with Crippen LogP contribution in [-0.2, 0) is 7.05 Å². The molecule has 3 aromatic heterocycles. The molecule has 0 spiro atoms. The topological polar surface area (TPSA) is 77.2 Å². The van der Waals surface area contributed by atoms with Crippen molar-refractivity contribution in [3.8, 4) is 17.0 Å². The van der Waals surface area contributed by atoms with Gasteiger partial charge in [0.25, 0.3) is 0 Å². The highest BCUT2D eigenvalue weighted by molar-refractivity contribution is 6.13. The van der Waals surface area contributed by atoms with E-state index in [1.807, 2.05) is 36.1 Å². The van der Waals surface area contributed by atoms with Crippen molar-refractivity contribution in [3.05, 3.63) is 47.1 Å². The summed E-state index contributed by atoms with van der Waals surface area (Å²) in [6, 6.07) is 8.23. The second kappa shape index (κ2) is 10.3. The van der Waals surface area contributed by atoms with E-state index in [9.17, 15) is 4.79 Å². The Hall–Kier alpha value is -3.39. The Morgan fingerprint density at radius 3 is 2.67 bits per heavy atom. The average molecular weight is 529 g/mol. The number of hydrogen-bond donors (Lipinski definition) is 1. The summed E-state index contributed by atoms with van der Waals surface area (Å²) in [6.07, 6.45) is 9.67. The first kappa shape index (κ1) is 25.9. The highest BCUT2D eigenvalue weighted by atomic mass is 16.5. The Kier molecular flexibility index (Phi) is 6.83. The van der Waals surface area contributed by atoms with Gasteiger partial charge in [-0.25, -0.2) is 9.78 Å². The van der Waals surface area contributed by atoms with Gasteiger partial charge >= 0.3 is 5.69 Å². The van der Waals surface area contributed by atoms with E-state index in [4.69, 9.17) is 9.72 Å². The zero-order chi connectivity index (χ0) is 27.1. The Labute approximate surface area is 230 Å². The van der Waals surface area contributed by atoms with E-state index in [0.717, 1.165) is 64.7 Å². The van der Waals surface area contributed by atoms with E-state index >= 15 is 0 Å². The predicted molar refractivity (Wildman–Crippen MR) is 158 cm³/mol. The lowest BCUT2D eigenvalue weighted by molar-refractivity contribution is 0.203. The number of anilines is 1. The largest absolute Gasteiger partial charge is 0.478 e. The minimum atomic E-state index is -0.108. The summed E-state index contributed by atoms with van der Waals surface area (Å²) in [5.41, 5.74) is 5.65. The molecule has 0 saturated carbocycles. The van der Waals surface area contributed by atoms with Crippen LogP contribution in [0, 0.1) is 5.41 Å². The zero-order valence-corrected chi connectivity index (χ0v) is 23.7. The van der Waals surface area contributed by atoms with E-state index < -0.39 is 0 Å². The van der Waals surface area contributed by atoms with Crippen LogP contribution in [0.25, 0.3) is 33.1 Å². The molecular weight excluding hydrogens is 488 g/mol. The molecule has 4 aromatic rings. The first-order valence-corrected chi connectivity index (χ1v) is 14.5. The maximum atomic E-state index is 13.5. The van der Waals surface area contributed by atoms with Crippen LogP contribution in [0.15, 0.2) is 41.5 Å². The minimum Gasteiger partial charge on any atom is -0.478 e. The predicted octanol–water partition coefficient (Wildman–Crippen LogP) is 5.61. The van der Waals surface area contributed by atoms with Gasteiger partial charge in [0, 0.05) is 55.0 Å². The highest BCUT2D eigenvalue weighted by Crippen LogP contribution is 2.44. The number of hydrogen-bond acceptors (Lipinski definition) is 6. The summed E-state index contributed by atoms with van der Waals surface area (Å²) in [4.78, 5) is 25.4. The van der Waals surface area contributed by atoms with Gasteiger partial charge in [-0.1, -0.05) is 26.3 Å². The second-order valence-corrected chi connectivity index (χ2v) is 11.6. The smallest absolute Gasteiger partial charge is 0.329 e. The van der Waals surface area contributed by atoms with E-state index in [-0.39, 0.29) is 17.1 Å². The number of piperidine rings is 1. The molecule has 5 heterocycles. The van der Waals surface area contributed by atoms with Crippen molar-refractivity contribution in [2.75, 3.05) is 38.1 Å². The number of aryl methyl sites for hydroxylation is 1. The molecular formula is C31H40N6O2. The molecule has 1 N–H and O–H groups in total. The maximum Gasteiger partial charge on any atom is 0.329 e. The monoisotopic (exact) mass is 528 g/mol. The molecule has 2 aliphatic heterocycles. The molecule has 39 heavy (non-hydrogen) atoms. The van der Waals surface area contributed by atoms with E-state index in [2.05, 4.69) is 48.1 Å². The summed E-state index contributed by atoms with van der Waals surface area (Å²) in [5.74, 6) is 0.655. The minimum absolute atomic E-state index is 0.00758. The number of aromatic nitrogens is 4. The quantitative estimate of drug-likeness (QED) is 0.314. The Bertz CT molecular complexity index is 1550. The molecule has 0 amide bonds. The molecule has 2 atom stereocenters. The summed E-state index contributed by atoms with van der Waals surface area (Å²) in [6.45, 7) is 11.6. The molecule has 0 aliphatic carbocycles. The normalized spacial score (nSPS) is 21.7. The van der Waals surface area contributed by atoms with Crippen molar-refractivity contribution < 1.29 is 4.74 Å². The van der Waals surface area contributed by atoms with Gasteiger partial charge in [0.05, 0.1) is 40.4 Å². The van der Waals surface area contributed by atoms with Crippen LogP contribution < -0.4 is 15.7 Å². The van der Waals surface area contributed by atoms with Gasteiger partial charge in [0.1, 0.15) is 0 Å². The third-order valence-electron chi connectivity index (χ3n) is 9.32. The van der Waals surface area contributed by atoms with Crippen LogP contribution in [0.4, 0.5) is 5.69 Å². The SMILES string of the molecule is CC[C@]1(C)CNc2c(-c3ccc(OCCCN4CCCCC4)nc3)ccc3ncc4c(c23)n(c(=O)n4C)[C@@H]1C. The lowest BCUT2D eigenvalue weighted by Gasteiger charge is -2.38. The van der Waals surface area contributed by atoms with Crippen LogP contribution in [0.2, 0.25) is 0 Å². The summed E-state index contributed by atoms with van der Waals surface area (Å²) >= 11 is 0. The van der Waals surface area contributed by atoms with Crippen molar-refractivity contribution in [1.82, 2.24) is 24.0 Å². The van der Waals surface area contributed by atoms with Crippen molar-refractivity contribution in [3.63, 3.8) is 0 Å². The van der Waals surface area contributed by atoms with Gasteiger partial charge in [-0.05, 0) is 57.8 Å². The molecule has 206 valence electrons. The molecule has 1 aromatic carbocycles. The fourth-order valence-electron chi connectivity index (χ4n) is 6.33. The van der Waals surface area contributed by atoms with Crippen LogP contribution in [0.5, 0.6) is 5.88 Å². The van der Waals surface area contributed by atoms with Crippen molar-refractivity contribution in [2.45, 2.75) is 58.9 Å². The van der Waals surface area contributed by atoms with Crippen LogP contribution in [-0.4, -0.2) is 56.8 Å². The van der Waals surface area contributed by atoms with Crippen LogP contribution in [0.1, 0.15) is 58.9 Å². The number of rotatable bonds is 7. The highest BCUT2D eigenvalue weighted by Gasteiger charge is 2.36. The van der Waals surface area contributed by atoms with Crippen LogP contribution >= 0.6 is 0 Å². The number of imidazole rings is 1. The van der Waals surface area contributed by atoms with Gasteiger partial charge in [0.15, 0.2) is 0 Å². The van der Waals surface area contributed by atoms with Crippen molar-refractivity contribution in [2.24, 2.45) is 12.5 Å². The Balaban J connectivity index is 1.35. The number of nitrogens with one attached hydrogen (secondary N) is 1. The lowest BCUT2D eigenvalue weighted by Crippen LogP contribution is -2.39. The average Bonchev–Trinajstić information content (AvgIpc) is 3.23. The summed E-state index contributed by atoms with van der Waals surface area (Å²) < 4.78 is 9.71. The van der Waals surface area contributed by atoms with Crippen molar-refractivity contribution in [1.29, 1.82) is 0 Å². The van der Waals surface area contributed by atoms with E-state index in [0.29, 0.717) is 12.5 Å². The first-order chi connectivity index (χ1) is 18.9. The number of pyridine rings is 2. The molecule has 6 rings (SSSR count). The fourth-order valence-corrected chi connectivity index (χ4v) is 6.33. The van der Waals surface area contributed by atoms with Gasteiger partial charge < -0.3 is 15.0 Å². The van der Waals surface area contributed by atoms with Crippen molar-refractivity contribution >= 4 is 27.6 Å². The molecule has 1 fully saturated rings. The third-order valence-corrected chi connectivity index (χ3v) is 9.32. The number of likely N-dealkylation sites (tertiary alicyclic amines) is 1. The van der Waals surface area contributed by atoms with Gasteiger partial charge in [0.2, 0.25) is 5.88 Å². The Morgan fingerprint density at radius 1 is 1.10 bits per heavy atom. The molecule has 0 unspecified atom stereocenters. The molecule has 0 bridgehead atoms. The second-order valence-electron chi connectivity index (χ2n) is 11.6. The molecule has 0 radical (unpaired) electrons. The van der Waals surface area contributed by atoms with E-state index in [1.165, 1.54) is 32.4 Å². The van der Waals surface area contributed by atoms with E-state index in [1.54, 1.807) is 4.57 Å². The van der Waals surface area contributed by atoms with Crippen LogP contribution in [0.3, 0.4) is 0 Å². The lowest BCUT2D eigenvalue weighted by atomic mass is 9.79. The van der Waals surface area contributed by atoms with Gasteiger partial charge in [-0.2, -0.15) is 0 Å². The number of nitrogens with zero attached hydrogens (tertiary/aromatic N) is 5. The first-order valence-electron chi connectivity index (χ1n) is 14.5. The molecule has 1 saturated heterocycles. The van der Waals surface area contributed by atoms with Gasteiger partial charge in [-0.3, -0.25) is 14.1 Å². The summed E-state index contributed by atoms with van der Waals surface area (Å²) in [7, 11) is 1.84. The standard InChI is InChI=1S/C31H40N6O2/c1-5-31(3)20-34-28-23(22-10-13-26(33-18-22)39-17-9-16-36-14-7-6-8-15-36)11-12-24-27(28)29-25(19-32-24)35(4)30(38)37(29)21(31)2/h10-13,18-19,21,34H,5-9,14-17,20H2,1-4H3/t21-,31-/m1/s1. The summed E-state index contributed by atoms with van der Waals surface area (Å²) in [5, 5.41) is 4.79. The zero-order valence-electron chi connectivity index (χ0n) is 23.7. The number of benzene rings is 1. The fraction of sp³-hybridized carbons (Fsp3) is 0.516. The van der Waals surface area contributed by atoms with Gasteiger partial charge in [-0.15, -0.1) is 0 Å².